The maximum absolute atomic E-state index is 12.2. The second kappa shape index (κ2) is 5.22. The van der Waals surface area contributed by atoms with Gasteiger partial charge in [-0.15, -0.1) is 0 Å². The summed E-state index contributed by atoms with van der Waals surface area (Å²) in [7, 11) is -1.98. The molecule has 104 valence electrons. The summed E-state index contributed by atoms with van der Waals surface area (Å²) in [5, 5.41) is 0. The second-order valence-electron chi connectivity index (χ2n) is 4.48. The average molecular weight is 282 g/mol. The van der Waals surface area contributed by atoms with Crippen LogP contribution in [0.1, 0.15) is 12.5 Å². The van der Waals surface area contributed by atoms with Gasteiger partial charge in [0.05, 0.1) is 4.90 Å². The van der Waals surface area contributed by atoms with Crippen molar-refractivity contribution in [2.75, 3.05) is 13.6 Å². The monoisotopic (exact) mass is 282 g/mol. The van der Waals surface area contributed by atoms with E-state index in [9.17, 15) is 8.42 Å². The molecule has 5 nitrogen and oxygen atoms in total. The van der Waals surface area contributed by atoms with Gasteiger partial charge in [0.15, 0.2) is 0 Å². The van der Waals surface area contributed by atoms with Crippen molar-refractivity contribution in [2.45, 2.75) is 25.1 Å². The molecule has 0 aliphatic carbocycles. The summed E-state index contributed by atoms with van der Waals surface area (Å²) >= 11 is 0. The molecule has 0 bridgehead atoms. The van der Waals surface area contributed by atoms with Crippen LogP contribution in [0.25, 0.3) is 0 Å². The standard InChI is InChI=1S/C13H18N2O3S/c1-4-15-10-9-14(3)13(15)18-19(16,17)12-7-5-11(2)6-8-12/h5-10,13H,4H2,1-3H3. The van der Waals surface area contributed by atoms with Crippen molar-refractivity contribution in [2.24, 2.45) is 0 Å². The molecule has 19 heavy (non-hydrogen) atoms. The molecule has 0 N–H and O–H groups in total. The Morgan fingerprint density at radius 3 is 2.42 bits per heavy atom. The third kappa shape index (κ3) is 2.90. The third-order valence-electron chi connectivity index (χ3n) is 3.01. The van der Waals surface area contributed by atoms with Gasteiger partial charge in [0.1, 0.15) is 0 Å². The molecule has 0 aromatic heterocycles. The maximum atomic E-state index is 12.2. The zero-order chi connectivity index (χ0) is 14.0. The Labute approximate surface area is 114 Å². The minimum absolute atomic E-state index is 0.175. The van der Waals surface area contributed by atoms with Crippen LogP contribution >= 0.6 is 0 Å². The van der Waals surface area contributed by atoms with E-state index in [2.05, 4.69) is 0 Å². The topological polar surface area (TPSA) is 49.9 Å². The highest BCUT2D eigenvalue weighted by molar-refractivity contribution is 7.86. The number of nitrogens with zero attached hydrogens (tertiary/aromatic N) is 2. The third-order valence-corrected chi connectivity index (χ3v) is 4.29. The van der Waals surface area contributed by atoms with Crippen molar-refractivity contribution < 1.29 is 12.6 Å². The van der Waals surface area contributed by atoms with Gasteiger partial charge in [0.25, 0.3) is 10.1 Å². The van der Waals surface area contributed by atoms with Crippen LogP contribution in [-0.4, -0.2) is 38.2 Å². The van der Waals surface area contributed by atoms with Crippen molar-refractivity contribution >= 4 is 10.1 Å². The van der Waals surface area contributed by atoms with Gasteiger partial charge in [-0.1, -0.05) is 17.7 Å². The first-order chi connectivity index (χ1) is 8.94. The van der Waals surface area contributed by atoms with E-state index in [4.69, 9.17) is 4.18 Å². The predicted molar refractivity (Wildman–Crippen MR) is 72.5 cm³/mol. The molecular weight excluding hydrogens is 264 g/mol. The van der Waals surface area contributed by atoms with Crippen LogP contribution in [-0.2, 0) is 14.3 Å². The lowest BCUT2D eigenvalue weighted by molar-refractivity contribution is -0.00573. The molecule has 1 aliphatic heterocycles. The van der Waals surface area contributed by atoms with Gasteiger partial charge in [-0.05, 0) is 26.0 Å². The number of benzene rings is 1. The fourth-order valence-corrected chi connectivity index (χ4v) is 2.88. The summed E-state index contributed by atoms with van der Waals surface area (Å²) in [5.41, 5.74) is 1.01. The summed E-state index contributed by atoms with van der Waals surface area (Å²) in [4.78, 5) is 3.70. The molecule has 0 amide bonds. The highest BCUT2D eigenvalue weighted by Gasteiger charge is 2.29. The Balaban J connectivity index is 2.20. The van der Waals surface area contributed by atoms with Gasteiger partial charge in [0, 0.05) is 26.0 Å². The lowest BCUT2D eigenvalue weighted by Gasteiger charge is -2.28. The van der Waals surface area contributed by atoms with Crippen molar-refractivity contribution in [1.82, 2.24) is 9.80 Å². The van der Waals surface area contributed by atoms with Gasteiger partial charge in [-0.3, -0.25) is 0 Å². The van der Waals surface area contributed by atoms with E-state index in [1.807, 2.05) is 24.9 Å². The molecule has 0 saturated carbocycles. The molecule has 0 spiro atoms. The highest BCUT2D eigenvalue weighted by Crippen LogP contribution is 2.21. The first-order valence-electron chi connectivity index (χ1n) is 6.10. The molecule has 1 aliphatic rings. The minimum Gasteiger partial charge on any atom is -0.336 e. The van der Waals surface area contributed by atoms with Crippen LogP contribution in [0.3, 0.4) is 0 Å². The second-order valence-corrected chi connectivity index (χ2v) is 6.06. The Bertz CT molecular complexity index is 566. The first kappa shape index (κ1) is 13.9. The molecule has 0 fully saturated rings. The number of hydrogen-bond donors (Lipinski definition) is 0. The van der Waals surface area contributed by atoms with Crippen LogP contribution < -0.4 is 0 Å². The van der Waals surface area contributed by atoms with Gasteiger partial charge >= 0.3 is 0 Å². The Kier molecular flexibility index (Phi) is 3.82. The molecule has 1 aromatic rings. The number of rotatable bonds is 4. The average Bonchev–Trinajstić information content (AvgIpc) is 2.70. The van der Waals surface area contributed by atoms with Crippen LogP contribution in [0.2, 0.25) is 0 Å². The summed E-state index contributed by atoms with van der Waals surface area (Å²) in [6.45, 7) is 4.53. The maximum Gasteiger partial charge on any atom is 0.300 e. The fraction of sp³-hybridized carbons (Fsp3) is 0.385. The summed E-state index contributed by atoms with van der Waals surface area (Å²) < 4.78 is 29.7. The molecular formula is C13H18N2O3S. The molecule has 1 aromatic carbocycles. The van der Waals surface area contributed by atoms with Gasteiger partial charge in [-0.25, -0.2) is 4.18 Å². The van der Waals surface area contributed by atoms with Gasteiger partial charge in [0.2, 0.25) is 6.35 Å². The summed E-state index contributed by atoms with van der Waals surface area (Å²) in [6, 6.07) is 6.63. The van der Waals surface area contributed by atoms with Crippen LogP contribution in [0.15, 0.2) is 41.6 Å². The van der Waals surface area contributed by atoms with E-state index in [1.54, 1.807) is 42.4 Å². The Hall–Kier alpha value is -1.53. The summed E-state index contributed by atoms with van der Waals surface area (Å²) in [5.74, 6) is 0. The van der Waals surface area contributed by atoms with E-state index < -0.39 is 16.5 Å². The normalized spacial score (nSPS) is 19.2. The van der Waals surface area contributed by atoms with Crippen LogP contribution in [0.5, 0.6) is 0 Å². The number of aryl methyl sites for hydroxylation is 1. The van der Waals surface area contributed by atoms with Gasteiger partial charge in [-0.2, -0.15) is 8.42 Å². The largest absolute Gasteiger partial charge is 0.336 e. The van der Waals surface area contributed by atoms with E-state index >= 15 is 0 Å². The van der Waals surface area contributed by atoms with Crippen molar-refractivity contribution in [1.29, 1.82) is 0 Å². The lowest BCUT2D eigenvalue weighted by Crippen LogP contribution is -2.40. The number of hydrogen-bond acceptors (Lipinski definition) is 5. The lowest BCUT2D eigenvalue weighted by atomic mass is 10.2. The first-order valence-corrected chi connectivity index (χ1v) is 7.51. The van der Waals surface area contributed by atoms with Crippen LogP contribution in [0, 0.1) is 6.92 Å². The molecule has 6 heteroatoms. The Morgan fingerprint density at radius 2 is 1.84 bits per heavy atom. The van der Waals surface area contributed by atoms with Crippen molar-refractivity contribution in [3.63, 3.8) is 0 Å². The zero-order valence-electron chi connectivity index (χ0n) is 11.3. The van der Waals surface area contributed by atoms with E-state index in [-0.39, 0.29) is 4.90 Å². The van der Waals surface area contributed by atoms with Crippen LogP contribution in [0.4, 0.5) is 0 Å². The van der Waals surface area contributed by atoms with E-state index in [0.29, 0.717) is 6.54 Å². The smallest absolute Gasteiger partial charge is 0.300 e. The van der Waals surface area contributed by atoms with Gasteiger partial charge < -0.3 is 9.80 Å². The zero-order valence-corrected chi connectivity index (χ0v) is 12.1. The molecule has 1 atom stereocenters. The SMILES string of the molecule is CCN1C=CN(C)C1OS(=O)(=O)c1ccc(C)cc1. The van der Waals surface area contributed by atoms with E-state index in [1.165, 1.54) is 0 Å². The quantitative estimate of drug-likeness (QED) is 0.787. The minimum atomic E-state index is -3.76. The van der Waals surface area contributed by atoms with Crippen molar-refractivity contribution in [3.05, 3.63) is 42.2 Å². The summed E-state index contributed by atoms with van der Waals surface area (Å²) in [6.07, 6.45) is 2.99. The fourth-order valence-electron chi connectivity index (χ4n) is 1.83. The highest BCUT2D eigenvalue weighted by atomic mass is 32.2. The Morgan fingerprint density at radius 1 is 1.21 bits per heavy atom. The molecule has 1 unspecified atom stereocenters. The van der Waals surface area contributed by atoms with E-state index in [0.717, 1.165) is 5.56 Å². The predicted octanol–water partition coefficient (Wildman–Crippen LogP) is 1.72. The van der Waals surface area contributed by atoms with Crippen molar-refractivity contribution in [3.8, 4) is 0 Å². The molecule has 0 radical (unpaired) electrons. The molecule has 1 heterocycles. The molecule has 2 rings (SSSR count). The molecule has 0 saturated heterocycles.